The molecule has 1 aliphatic carbocycles. The first-order valence-electron chi connectivity index (χ1n) is 10.9. The zero-order chi connectivity index (χ0) is 20.1. The summed E-state index contributed by atoms with van der Waals surface area (Å²) >= 11 is 0. The van der Waals surface area contributed by atoms with E-state index < -0.39 is 0 Å². The van der Waals surface area contributed by atoms with Crippen LogP contribution in [0.1, 0.15) is 53.0 Å². The Morgan fingerprint density at radius 2 is 2.03 bits per heavy atom. The van der Waals surface area contributed by atoms with Gasteiger partial charge < -0.3 is 10.2 Å². The molecule has 1 saturated heterocycles. The second kappa shape index (κ2) is 9.35. The van der Waals surface area contributed by atoms with E-state index >= 15 is 0 Å². The summed E-state index contributed by atoms with van der Waals surface area (Å²) in [7, 11) is 0. The number of allylic oxidation sites excluding steroid dienone is 1. The Hall–Kier alpha value is -2.47. The number of pyridine rings is 1. The predicted octanol–water partition coefficient (Wildman–Crippen LogP) is 2.78. The Balaban J connectivity index is 1.46. The van der Waals surface area contributed by atoms with Crippen LogP contribution < -0.4 is 5.32 Å². The molecular weight excluding hydrogens is 362 g/mol. The summed E-state index contributed by atoms with van der Waals surface area (Å²) in [4.78, 5) is 19.3. The fourth-order valence-electron chi connectivity index (χ4n) is 4.52. The van der Waals surface area contributed by atoms with Crippen LogP contribution in [0.4, 0.5) is 0 Å². The molecule has 1 aliphatic heterocycles. The van der Waals surface area contributed by atoms with Gasteiger partial charge in [0, 0.05) is 42.8 Å². The highest BCUT2D eigenvalue weighted by molar-refractivity contribution is 5.94. The summed E-state index contributed by atoms with van der Waals surface area (Å²) in [5.41, 5.74) is 4.33. The van der Waals surface area contributed by atoms with Crippen LogP contribution in [0.3, 0.4) is 0 Å². The van der Waals surface area contributed by atoms with Crippen molar-refractivity contribution >= 4 is 5.91 Å². The van der Waals surface area contributed by atoms with Crippen LogP contribution in [0.2, 0.25) is 0 Å². The number of nitrogens with one attached hydrogen (secondary N) is 1. The number of nitrogens with zero attached hydrogens (tertiary/aromatic N) is 4. The number of amides is 1. The second-order valence-corrected chi connectivity index (χ2v) is 8.10. The highest BCUT2D eigenvalue weighted by Gasteiger charge is 2.31. The topological polar surface area (TPSA) is 63.1 Å². The third kappa shape index (κ3) is 4.58. The minimum atomic E-state index is 0.112. The van der Waals surface area contributed by atoms with Crippen molar-refractivity contribution in [2.75, 3.05) is 19.6 Å². The van der Waals surface area contributed by atoms with Crippen molar-refractivity contribution in [1.82, 2.24) is 25.0 Å². The van der Waals surface area contributed by atoms with Gasteiger partial charge in [-0.3, -0.25) is 14.5 Å². The molecule has 0 radical (unpaired) electrons. The van der Waals surface area contributed by atoms with E-state index in [0.29, 0.717) is 18.3 Å². The molecule has 6 heteroatoms. The standard InChI is InChI=1S/C23H31N5O/c1-2-14-28-21-7-6-19(25-13-10-18-8-11-24-12-9-18)17-20(21)22(26-28)23(29)27-15-4-3-5-16-27/h2,8-9,11-12,19,25H,1,3-7,10,13-17H2/t19-/m1/s1. The van der Waals surface area contributed by atoms with Crippen molar-refractivity contribution < 1.29 is 4.79 Å². The summed E-state index contributed by atoms with van der Waals surface area (Å²) in [6.07, 6.45) is 12.8. The summed E-state index contributed by atoms with van der Waals surface area (Å²) in [6, 6.07) is 4.52. The Labute approximate surface area is 173 Å². The molecule has 2 aliphatic rings. The summed E-state index contributed by atoms with van der Waals surface area (Å²) < 4.78 is 1.99. The second-order valence-electron chi connectivity index (χ2n) is 8.10. The molecule has 0 aromatic carbocycles. The predicted molar refractivity (Wildman–Crippen MR) is 114 cm³/mol. The van der Waals surface area contributed by atoms with Gasteiger partial charge in [0.05, 0.1) is 6.54 Å². The van der Waals surface area contributed by atoms with Gasteiger partial charge in [0.15, 0.2) is 5.69 Å². The number of rotatable bonds is 7. The van der Waals surface area contributed by atoms with Crippen molar-refractivity contribution in [3.05, 3.63) is 59.7 Å². The molecule has 3 heterocycles. The third-order valence-corrected chi connectivity index (χ3v) is 6.09. The Morgan fingerprint density at radius 3 is 2.79 bits per heavy atom. The van der Waals surface area contributed by atoms with E-state index in [2.05, 4.69) is 29.0 Å². The van der Waals surface area contributed by atoms with Crippen LogP contribution in [-0.2, 0) is 25.8 Å². The van der Waals surface area contributed by atoms with Gasteiger partial charge in [-0.05, 0) is 69.2 Å². The number of hydrogen-bond acceptors (Lipinski definition) is 4. The minimum absolute atomic E-state index is 0.112. The van der Waals surface area contributed by atoms with Gasteiger partial charge in [-0.1, -0.05) is 6.08 Å². The molecular formula is C23H31N5O. The van der Waals surface area contributed by atoms with Gasteiger partial charge in [-0.15, -0.1) is 6.58 Å². The van der Waals surface area contributed by atoms with Crippen molar-refractivity contribution in [2.45, 2.75) is 57.5 Å². The first-order chi connectivity index (χ1) is 14.3. The normalized spacial score (nSPS) is 19.0. The lowest BCUT2D eigenvalue weighted by Crippen LogP contribution is -2.38. The van der Waals surface area contributed by atoms with E-state index in [9.17, 15) is 4.79 Å². The highest BCUT2D eigenvalue weighted by Crippen LogP contribution is 2.27. The monoisotopic (exact) mass is 393 g/mol. The molecule has 6 nitrogen and oxygen atoms in total. The van der Waals surface area contributed by atoms with E-state index in [1.807, 2.05) is 28.1 Å². The molecule has 1 amide bonds. The molecule has 2 aromatic rings. The average Bonchev–Trinajstić information content (AvgIpc) is 3.13. The van der Waals surface area contributed by atoms with E-state index in [1.54, 1.807) is 0 Å². The van der Waals surface area contributed by atoms with Crippen LogP contribution in [0.5, 0.6) is 0 Å². The largest absolute Gasteiger partial charge is 0.337 e. The lowest BCUT2D eigenvalue weighted by Gasteiger charge is -2.27. The van der Waals surface area contributed by atoms with Gasteiger partial charge in [0.1, 0.15) is 0 Å². The number of piperidine rings is 1. The van der Waals surface area contributed by atoms with Gasteiger partial charge in [-0.2, -0.15) is 5.10 Å². The lowest BCUT2D eigenvalue weighted by molar-refractivity contribution is 0.0716. The van der Waals surface area contributed by atoms with Crippen LogP contribution in [0.25, 0.3) is 0 Å². The number of carbonyl (C=O) groups is 1. The molecule has 1 atom stereocenters. The summed E-state index contributed by atoms with van der Waals surface area (Å²) in [6.45, 7) is 7.17. The van der Waals surface area contributed by atoms with E-state index in [0.717, 1.165) is 63.7 Å². The number of carbonyl (C=O) groups excluding carboxylic acids is 1. The van der Waals surface area contributed by atoms with Crippen LogP contribution in [-0.4, -0.2) is 51.2 Å². The molecule has 29 heavy (non-hydrogen) atoms. The maximum Gasteiger partial charge on any atom is 0.274 e. The fraction of sp³-hybridized carbons (Fsp3) is 0.522. The first-order valence-corrected chi connectivity index (χ1v) is 10.9. The maximum absolute atomic E-state index is 13.2. The van der Waals surface area contributed by atoms with Crippen molar-refractivity contribution in [2.24, 2.45) is 0 Å². The van der Waals surface area contributed by atoms with E-state index in [4.69, 9.17) is 5.10 Å². The molecule has 1 fully saturated rings. The average molecular weight is 394 g/mol. The number of hydrogen-bond donors (Lipinski definition) is 1. The van der Waals surface area contributed by atoms with Crippen LogP contribution in [0, 0.1) is 0 Å². The van der Waals surface area contributed by atoms with Gasteiger partial charge >= 0.3 is 0 Å². The van der Waals surface area contributed by atoms with Crippen LogP contribution in [0.15, 0.2) is 37.2 Å². The van der Waals surface area contributed by atoms with Crippen molar-refractivity contribution in [1.29, 1.82) is 0 Å². The summed E-state index contributed by atoms with van der Waals surface area (Å²) in [5.74, 6) is 0.112. The Morgan fingerprint density at radius 1 is 1.24 bits per heavy atom. The highest BCUT2D eigenvalue weighted by atomic mass is 16.2. The zero-order valence-corrected chi connectivity index (χ0v) is 17.1. The molecule has 4 rings (SSSR count). The Kier molecular flexibility index (Phi) is 6.39. The Bertz CT molecular complexity index is 838. The number of aromatic nitrogens is 3. The minimum Gasteiger partial charge on any atom is -0.337 e. The quantitative estimate of drug-likeness (QED) is 0.735. The first kappa shape index (κ1) is 19.8. The van der Waals surface area contributed by atoms with E-state index in [1.165, 1.54) is 17.7 Å². The molecule has 2 aromatic heterocycles. The molecule has 154 valence electrons. The molecule has 1 N–H and O–H groups in total. The molecule has 0 bridgehead atoms. The van der Waals surface area contributed by atoms with Crippen molar-refractivity contribution in [3.63, 3.8) is 0 Å². The smallest absolute Gasteiger partial charge is 0.274 e. The van der Waals surface area contributed by atoms with Gasteiger partial charge in [-0.25, -0.2) is 0 Å². The molecule has 0 unspecified atom stereocenters. The van der Waals surface area contributed by atoms with Crippen molar-refractivity contribution in [3.8, 4) is 0 Å². The fourth-order valence-corrected chi connectivity index (χ4v) is 4.52. The SMILES string of the molecule is C=CCn1nc(C(=O)N2CCCCC2)c2c1CC[C@@H](NCCc1ccncc1)C2. The molecule has 0 saturated carbocycles. The number of likely N-dealkylation sites (tertiary alicyclic amines) is 1. The summed E-state index contributed by atoms with van der Waals surface area (Å²) in [5, 5.41) is 8.43. The molecule has 0 spiro atoms. The third-order valence-electron chi connectivity index (χ3n) is 6.09. The maximum atomic E-state index is 13.2. The van der Waals surface area contributed by atoms with Crippen LogP contribution >= 0.6 is 0 Å². The van der Waals surface area contributed by atoms with Gasteiger partial charge in [0.2, 0.25) is 0 Å². The zero-order valence-electron chi connectivity index (χ0n) is 17.1. The van der Waals surface area contributed by atoms with Gasteiger partial charge in [0.25, 0.3) is 5.91 Å². The van der Waals surface area contributed by atoms with E-state index in [-0.39, 0.29) is 5.91 Å². The lowest BCUT2D eigenvalue weighted by atomic mass is 9.90. The number of fused-ring (bicyclic) bond motifs is 1.